The highest BCUT2D eigenvalue weighted by Crippen LogP contribution is 2.12. The first-order valence-corrected chi connectivity index (χ1v) is 7.37. The van der Waals surface area contributed by atoms with Gasteiger partial charge in [0.25, 0.3) is 0 Å². The molecule has 0 spiro atoms. The van der Waals surface area contributed by atoms with E-state index in [0.29, 0.717) is 0 Å². The van der Waals surface area contributed by atoms with Gasteiger partial charge in [-0.05, 0) is 46.9 Å². The third-order valence-corrected chi connectivity index (χ3v) is 4.28. The molecule has 0 aliphatic rings. The molecular formula is C10H10IN3O2S. The van der Waals surface area contributed by atoms with E-state index in [9.17, 15) is 8.42 Å². The second-order valence-electron chi connectivity index (χ2n) is 3.39. The Morgan fingerprint density at radius 3 is 2.59 bits per heavy atom. The number of halogens is 1. The molecule has 17 heavy (non-hydrogen) atoms. The molecule has 2 aromatic rings. The van der Waals surface area contributed by atoms with Crippen molar-refractivity contribution >= 4 is 32.6 Å². The summed E-state index contributed by atoms with van der Waals surface area (Å²) in [5, 5.41) is 6.37. The van der Waals surface area contributed by atoms with Gasteiger partial charge >= 0.3 is 0 Å². The predicted molar refractivity (Wildman–Crippen MR) is 71.8 cm³/mol. The smallest absolute Gasteiger partial charge is 0.240 e. The summed E-state index contributed by atoms with van der Waals surface area (Å²) in [5.41, 5.74) is 0.791. The summed E-state index contributed by atoms with van der Waals surface area (Å²) in [6.07, 6.45) is 3.23. The Morgan fingerprint density at radius 1 is 1.29 bits per heavy atom. The summed E-state index contributed by atoms with van der Waals surface area (Å²) in [5.74, 6) is 0. The van der Waals surface area contributed by atoms with Crippen LogP contribution in [-0.4, -0.2) is 18.6 Å². The summed E-state index contributed by atoms with van der Waals surface area (Å²) in [4.78, 5) is 0.265. The Labute approximate surface area is 113 Å². The lowest BCUT2D eigenvalue weighted by molar-refractivity contribution is 0.581. The molecule has 0 saturated carbocycles. The lowest BCUT2D eigenvalue weighted by atomic mass is 10.4. The van der Waals surface area contributed by atoms with Crippen LogP contribution in [0.1, 0.15) is 5.56 Å². The van der Waals surface area contributed by atoms with Crippen LogP contribution in [0.5, 0.6) is 0 Å². The maximum atomic E-state index is 11.9. The molecule has 0 aliphatic carbocycles. The molecule has 0 radical (unpaired) electrons. The van der Waals surface area contributed by atoms with Crippen molar-refractivity contribution in [2.75, 3.05) is 0 Å². The van der Waals surface area contributed by atoms with Crippen LogP contribution >= 0.6 is 22.6 Å². The first kappa shape index (κ1) is 12.5. The van der Waals surface area contributed by atoms with E-state index in [0.717, 1.165) is 9.13 Å². The van der Waals surface area contributed by atoms with Gasteiger partial charge in [0.05, 0.1) is 11.1 Å². The molecule has 2 N–H and O–H groups in total. The van der Waals surface area contributed by atoms with Gasteiger partial charge in [0.1, 0.15) is 0 Å². The molecule has 0 saturated heterocycles. The van der Waals surface area contributed by atoms with Crippen molar-refractivity contribution in [3.8, 4) is 0 Å². The SMILES string of the molecule is O=S(=O)(NCc1cn[nH]c1)c1ccc(I)cc1. The number of aromatic amines is 1. The molecule has 0 atom stereocenters. The fourth-order valence-corrected chi connectivity index (χ4v) is 2.63. The maximum absolute atomic E-state index is 11.9. The molecule has 2 rings (SSSR count). The standard InChI is InChI=1S/C10H10IN3O2S/c11-9-1-3-10(4-2-9)17(15,16)14-7-8-5-12-13-6-8/h1-6,14H,7H2,(H,12,13). The number of benzene rings is 1. The monoisotopic (exact) mass is 363 g/mol. The van der Waals surface area contributed by atoms with Gasteiger partial charge in [-0.3, -0.25) is 5.10 Å². The van der Waals surface area contributed by atoms with Crippen molar-refractivity contribution in [3.05, 3.63) is 45.8 Å². The van der Waals surface area contributed by atoms with E-state index in [2.05, 4.69) is 37.5 Å². The lowest BCUT2D eigenvalue weighted by Gasteiger charge is -2.05. The Kier molecular flexibility index (Phi) is 3.79. The number of nitrogens with one attached hydrogen (secondary N) is 2. The number of sulfonamides is 1. The number of H-pyrrole nitrogens is 1. The van der Waals surface area contributed by atoms with E-state index in [1.54, 1.807) is 36.7 Å². The van der Waals surface area contributed by atoms with E-state index in [1.807, 2.05) is 0 Å². The van der Waals surface area contributed by atoms with Crippen molar-refractivity contribution in [2.24, 2.45) is 0 Å². The van der Waals surface area contributed by atoms with E-state index >= 15 is 0 Å². The minimum absolute atomic E-state index is 0.227. The van der Waals surface area contributed by atoms with Crippen LogP contribution in [-0.2, 0) is 16.6 Å². The zero-order valence-corrected chi connectivity index (χ0v) is 11.7. The van der Waals surface area contributed by atoms with Gasteiger partial charge in [-0.2, -0.15) is 5.10 Å². The summed E-state index contributed by atoms with van der Waals surface area (Å²) in [7, 11) is -3.45. The van der Waals surface area contributed by atoms with Gasteiger partial charge < -0.3 is 0 Å². The fraction of sp³-hybridized carbons (Fsp3) is 0.100. The Bertz CT molecular complexity index is 579. The lowest BCUT2D eigenvalue weighted by Crippen LogP contribution is -2.22. The maximum Gasteiger partial charge on any atom is 0.240 e. The quantitative estimate of drug-likeness (QED) is 0.809. The van der Waals surface area contributed by atoms with Crippen molar-refractivity contribution in [1.82, 2.24) is 14.9 Å². The Morgan fingerprint density at radius 2 is 2.00 bits per heavy atom. The van der Waals surface area contributed by atoms with Gasteiger partial charge in [-0.25, -0.2) is 13.1 Å². The first-order valence-electron chi connectivity index (χ1n) is 4.81. The number of aromatic nitrogens is 2. The third-order valence-electron chi connectivity index (χ3n) is 2.15. The molecule has 0 aliphatic heterocycles. The molecule has 0 bridgehead atoms. The topological polar surface area (TPSA) is 74.8 Å². The van der Waals surface area contributed by atoms with Crippen LogP contribution in [0.25, 0.3) is 0 Å². The van der Waals surface area contributed by atoms with Crippen LogP contribution in [0.15, 0.2) is 41.6 Å². The molecule has 5 nitrogen and oxygen atoms in total. The highest BCUT2D eigenvalue weighted by Gasteiger charge is 2.13. The number of rotatable bonds is 4. The van der Waals surface area contributed by atoms with E-state index in [1.165, 1.54) is 0 Å². The fourth-order valence-electron chi connectivity index (χ4n) is 1.25. The molecule has 1 aromatic heterocycles. The number of nitrogens with zero attached hydrogens (tertiary/aromatic N) is 1. The zero-order chi connectivity index (χ0) is 12.3. The first-order chi connectivity index (χ1) is 8.08. The van der Waals surface area contributed by atoms with E-state index in [4.69, 9.17) is 0 Å². The average molecular weight is 363 g/mol. The van der Waals surface area contributed by atoms with Crippen LogP contribution in [0, 0.1) is 3.57 Å². The molecule has 0 unspecified atom stereocenters. The van der Waals surface area contributed by atoms with Crippen LogP contribution < -0.4 is 4.72 Å². The van der Waals surface area contributed by atoms with Crippen molar-refractivity contribution in [2.45, 2.75) is 11.4 Å². The molecule has 1 heterocycles. The second-order valence-corrected chi connectivity index (χ2v) is 6.40. The molecule has 0 fully saturated rings. The van der Waals surface area contributed by atoms with E-state index in [-0.39, 0.29) is 11.4 Å². The minimum Gasteiger partial charge on any atom is -0.285 e. The van der Waals surface area contributed by atoms with Gasteiger partial charge in [0.2, 0.25) is 10.0 Å². The average Bonchev–Trinajstić information content (AvgIpc) is 2.80. The van der Waals surface area contributed by atoms with Crippen LogP contribution in [0.3, 0.4) is 0 Å². The van der Waals surface area contributed by atoms with Gasteiger partial charge in [-0.15, -0.1) is 0 Å². The summed E-state index contributed by atoms with van der Waals surface area (Å²) < 4.78 is 27.3. The predicted octanol–water partition coefficient (Wildman–Crippen LogP) is 1.49. The van der Waals surface area contributed by atoms with Gasteiger partial charge in [0.15, 0.2) is 0 Å². The minimum atomic E-state index is -3.45. The molecular weight excluding hydrogens is 353 g/mol. The summed E-state index contributed by atoms with van der Waals surface area (Å²) >= 11 is 2.13. The van der Waals surface area contributed by atoms with Gasteiger partial charge in [-0.1, -0.05) is 0 Å². The molecule has 7 heteroatoms. The zero-order valence-electron chi connectivity index (χ0n) is 8.72. The second kappa shape index (κ2) is 5.15. The van der Waals surface area contributed by atoms with Crippen LogP contribution in [0.4, 0.5) is 0 Å². The third kappa shape index (κ3) is 3.27. The van der Waals surface area contributed by atoms with E-state index < -0.39 is 10.0 Å². The largest absolute Gasteiger partial charge is 0.285 e. The summed E-state index contributed by atoms with van der Waals surface area (Å²) in [6.45, 7) is 0.227. The normalized spacial score (nSPS) is 11.6. The number of hydrogen-bond donors (Lipinski definition) is 2. The van der Waals surface area contributed by atoms with Crippen LogP contribution in [0.2, 0.25) is 0 Å². The van der Waals surface area contributed by atoms with Crippen molar-refractivity contribution < 1.29 is 8.42 Å². The summed E-state index contributed by atoms with van der Waals surface area (Å²) in [6, 6.07) is 6.68. The Hall–Kier alpha value is -0.930. The molecule has 1 aromatic carbocycles. The molecule has 0 amide bonds. The van der Waals surface area contributed by atoms with Crippen molar-refractivity contribution in [3.63, 3.8) is 0 Å². The molecule has 90 valence electrons. The number of hydrogen-bond acceptors (Lipinski definition) is 3. The van der Waals surface area contributed by atoms with Gasteiger partial charge in [0, 0.05) is 21.9 Å². The Balaban J connectivity index is 2.11. The highest BCUT2D eigenvalue weighted by atomic mass is 127. The van der Waals surface area contributed by atoms with Crippen molar-refractivity contribution in [1.29, 1.82) is 0 Å². The highest BCUT2D eigenvalue weighted by molar-refractivity contribution is 14.1.